The first-order valence-corrected chi connectivity index (χ1v) is 7.58. The predicted molar refractivity (Wildman–Crippen MR) is 92.9 cm³/mol. The van der Waals surface area contributed by atoms with Crippen LogP contribution in [-0.2, 0) is 5.41 Å². The van der Waals surface area contributed by atoms with Gasteiger partial charge >= 0.3 is 0 Å². The van der Waals surface area contributed by atoms with Crippen LogP contribution in [0.4, 0.5) is 0 Å². The molecule has 1 nitrogen and oxygen atoms in total. The van der Waals surface area contributed by atoms with Gasteiger partial charge in [-0.1, -0.05) is 72.8 Å². The standard InChI is InChI=1S/C21H17N/c1-21(18-10-6-3-7-11-18)13-12-19-17(15-21)14-20(22-19)16-8-4-2-5-9-16/h2-15H,1H3. The van der Waals surface area contributed by atoms with Crippen molar-refractivity contribution in [1.82, 2.24) is 0 Å². The highest BCUT2D eigenvalue weighted by Gasteiger charge is 2.27. The summed E-state index contributed by atoms with van der Waals surface area (Å²) in [6.07, 6.45) is 8.90. The van der Waals surface area contributed by atoms with Crippen LogP contribution in [0.25, 0.3) is 5.70 Å². The van der Waals surface area contributed by atoms with Crippen molar-refractivity contribution in [2.75, 3.05) is 0 Å². The Bertz CT molecular complexity index is 823. The highest BCUT2D eigenvalue weighted by molar-refractivity contribution is 6.17. The zero-order valence-corrected chi connectivity index (χ0v) is 12.5. The summed E-state index contributed by atoms with van der Waals surface area (Å²) in [4.78, 5) is 4.76. The molecule has 0 bridgehead atoms. The monoisotopic (exact) mass is 283 g/mol. The summed E-state index contributed by atoms with van der Waals surface area (Å²) in [7, 11) is 0. The number of hydrogen-bond acceptors (Lipinski definition) is 1. The minimum absolute atomic E-state index is 0.0712. The van der Waals surface area contributed by atoms with E-state index in [-0.39, 0.29) is 5.41 Å². The second-order valence-electron chi connectivity index (χ2n) is 5.97. The third-order valence-electron chi connectivity index (χ3n) is 4.34. The molecule has 0 amide bonds. The van der Waals surface area contributed by atoms with Gasteiger partial charge in [-0.3, -0.25) is 0 Å². The van der Waals surface area contributed by atoms with E-state index in [4.69, 9.17) is 4.99 Å². The highest BCUT2D eigenvalue weighted by atomic mass is 14.8. The molecule has 4 rings (SSSR count). The molecule has 1 atom stereocenters. The van der Waals surface area contributed by atoms with E-state index in [1.807, 2.05) is 6.07 Å². The fourth-order valence-electron chi connectivity index (χ4n) is 3.05. The quantitative estimate of drug-likeness (QED) is 0.740. The molecule has 0 saturated carbocycles. The van der Waals surface area contributed by atoms with Crippen LogP contribution in [0.3, 0.4) is 0 Å². The lowest BCUT2D eigenvalue weighted by atomic mass is 9.77. The van der Waals surface area contributed by atoms with E-state index in [9.17, 15) is 0 Å². The van der Waals surface area contributed by atoms with Crippen LogP contribution in [0.15, 0.2) is 95.5 Å². The Kier molecular flexibility index (Phi) is 2.93. The molecule has 0 spiro atoms. The number of rotatable bonds is 2. The van der Waals surface area contributed by atoms with E-state index in [0.717, 1.165) is 11.4 Å². The molecule has 22 heavy (non-hydrogen) atoms. The Morgan fingerprint density at radius 3 is 2.27 bits per heavy atom. The van der Waals surface area contributed by atoms with Gasteiger partial charge in [0.1, 0.15) is 0 Å². The minimum Gasteiger partial charge on any atom is -0.248 e. The number of benzene rings is 2. The molecule has 0 N–H and O–H groups in total. The maximum absolute atomic E-state index is 4.76. The van der Waals surface area contributed by atoms with Crippen LogP contribution in [0.1, 0.15) is 18.1 Å². The van der Waals surface area contributed by atoms with Crippen LogP contribution in [0, 0.1) is 0 Å². The normalized spacial score (nSPS) is 22.7. The van der Waals surface area contributed by atoms with Gasteiger partial charge in [-0.2, -0.15) is 0 Å². The maximum atomic E-state index is 4.76. The van der Waals surface area contributed by atoms with Crippen molar-refractivity contribution >= 4 is 11.4 Å². The molecular formula is C21H17N. The zero-order valence-electron chi connectivity index (χ0n) is 12.5. The molecule has 2 aromatic carbocycles. The second kappa shape index (κ2) is 4.96. The fourth-order valence-corrected chi connectivity index (χ4v) is 3.05. The molecule has 0 saturated heterocycles. The molecule has 2 aliphatic rings. The number of fused-ring (bicyclic) bond motifs is 1. The van der Waals surface area contributed by atoms with Crippen LogP contribution in [0.2, 0.25) is 0 Å². The SMILES string of the molecule is CC1(c2ccccc2)C=CC2=NC(c3ccccc3)=CC2=C1. The van der Waals surface area contributed by atoms with Crippen molar-refractivity contribution in [2.24, 2.45) is 4.99 Å². The lowest BCUT2D eigenvalue weighted by Gasteiger charge is -2.26. The van der Waals surface area contributed by atoms with Crippen molar-refractivity contribution in [3.63, 3.8) is 0 Å². The van der Waals surface area contributed by atoms with Gasteiger partial charge in [-0.05, 0) is 30.2 Å². The summed E-state index contributed by atoms with van der Waals surface area (Å²) in [5.41, 5.74) is 5.72. The Morgan fingerprint density at radius 2 is 1.55 bits per heavy atom. The van der Waals surface area contributed by atoms with Gasteiger partial charge in [0.2, 0.25) is 0 Å². The molecule has 1 unspecified atom stereocenters. The smallest absolute Gasteiger partial charge is 0.0716 e. The van der Waals surface area contributed by atoms with E-state index >= 15 is 0 Å². The minimum atomic E-state index is -0.0712. The van der Waals surface area contributed by atoms with Crippen molar-refractivity contribution in [2.45, 2.75) is 12.3 Å². The first-order chi connectivity index (χ1) is 10.7. The van der Waals surface area contributed by atoms with Crippen LogP contribution < -0.4 is 0 Å². The molecule has 1 aliphatic heterocycles. The van der Waals surface area contributed by atoms with E-state index in [1.165, 1.54) is 16.7 Å². The van der Waals surface area contributed by atoms with Crippen molar-refractivity contribution < 1.29 is 0 Å². The molecule has 106 valence electrons. The first-order valence-electron chi connectivity index (χ1n) is 7.58. The summed E-state index contributed by atoms with van der Waals surface area (Å²) >= 11 is 0. The van der Waals surface area contributed by atoms with Gasteiger partial charge in [0.25, 0.3) is 0 Å². The molecular weight excluding hydrogens is 266 g/mol. The maximum Gasteiger partial charge on any atom is 0.0716 e. The van der Waals surface area contributed by atoms with Gasteiger partial charge < -0.3 is 0 Å². The van der Waals surface area contributed by atoms with Crippen molar-refractivity contribution in [3.8, 4) is 0 Å². The summed E-state index contributed by atoms with van der Waals surface area (Å²) in [5, 5.41) is 0. The van der Waals surface area contributed by atoms with E-state index in [0.29, 0.717) is 0 Å². The zero-order chi connectivity index (χ0) is 15.0. The third-order valence-corrected chi connectivity index (χ3v) is 4.34. The van der Waals surface area contributed by atoms with Gasteiger partial charge in [0.15, 0.2) is 0 Å². The Morgan fingerprint density at radius 1 is 0.864 bits per heavy atom. The average molecular weight is 283 g/mol. The van der Waals surface area contributed by atoms with Gasteiger partial charge in [-0.25, -0.2) is 4.99 Å². The average Bonchev–Trinajstić information content (AvgIpc) is 2.99. The number of nitrogens with zero attached hydrogens (tertiary/aromatic N) is 1. The second-order valence-corrected chi connectivity index (χ2v) is 5.97. The molecule has 0 radical (unpaired) electrons. The first kappa shape index (κ1) is 13.0. The van der Waals surface area contributed by atoms with E-state index in [1.54, 1.807) is 0 Å². The lowest BCUT2D eigenvalue weighted by Crippen LogP contribution is -2.20. The van der Waals surface area contributed by atoms with E-state index < -0.39 is 0 Å². The fraction of sp³-hybridized carbons (Fsp3) is 0.0952. The van der Waals surface area contributed by atoms with E-state index in [2.05, 4.69) is 85.8 Å². The summed E-state index contributed by atoms with van der Waals surface area (Å²) in [6, 6.07) is 21.0. The molecule has 2 aromatic rings. The Labute approximate surface area is 131 Å². The van der Waals surface area contributed by atoms with Crippen LogP contribution in [-0.4, -0.2) is 5.71 Å². The summed E-state index contributed by atoms with van der Waals surface area (Å²) in [5.74, 6) is 0. The summed E-state index contributed by atoms with van der Waals surface area (Å²) in [6.45, 7) is 2.25. The predicted octanol–water partition coefficient (Wildman–Crippen LogP) is 4.94. The molecule has 0 aromatic heterocycles. The molecule has 1 heteroatoms. The molecule has 1 heterocycles. The largest absolute Gasteiger partial charge is 0.248 e. The van der Waals surface area contributed by atoms with Gasteiger partial charge in [0.05, 0.1) is 11.4 Å². The number of aliphatic imine (C=N–C) groups is 1. The topological polar surface area (TPSA) is 12.4 Å². The highest BCUT2D eigenvalue weighted by Crippen LogP contribution is 2.36. The van der Waals surface area contributed by atoms with Crippen molar-refractivity contribution in [3.05, 3.63) is 102 Å². The number of hydrogen-bond donors (Lipinski definition) is 0. The molecule has 1 aliphatic carbocycles. The Balaban J connectivity index is 1.75. The third kappa shape index (κ3) is 2.15. The summed E-state index contributed by atoms with van der Waals surface area (Å²) < 4.78 is 0. The number of allylic oxidation sites excluding steroid dienone is 5. The van der Waals surface area contributed by atoms with Crippen LogP contribution >= 0.6 is 0 Å². The van der Waals surface area contributed by atoms with Crippen LogP contribution in [0.5, 0.6) is 0 Å². The molecule has 0 fully saturated rings. The Hall–Kier alpha value is -2.67. The lowest BCUT2D eigenvalue weighted by molar-refractivity contribution is 0.752. The van der Waals surface area contributed by atoms with Gasteiger partial charge in [0, 0.05) is 11.0 Å². The van der Waals surface area contributed by atoms with Gasteiger partial charge in [-0.15, -0.1) is 0 Å². The van der Waals surface area contributed by atoms with Crippen molar-refractivity contribution in [1.29, 1.82) is 0 Å².